The van der Waals surface area contributed by atoms with E-state index in [9.17, 15) is 0 Å². The molecule has 1 unspecified atom stereocenters. The SMILES string of the molecule is Br.CC(N)CCc1ccc(O)cc1. The fraction of sp³-hybridized carbons (Fsp3) is 0.400. The van der Waals surface area contributed by atoms with E-state index in [4.69, 9.17) is 10.8 Å². The summed E-state index contributed by atoms with van der Waals surface area (Å²) in [7, 11) is 0. The maximum absolute atomic E-state index is 9.01. The second-order valence-corrected chi connectivity index (χ2v) is 3.18. The van der Waals surface area contributed by atoms with Gasteiger partial charge >= 0.3 is 0 Å². The molecule has 1 atom stereocenters. The summed E-state index contributed by atoms with van der Waals surface area (Å²) in [6.45, 7) is 2.00. The van der Waals surface area contributed by atoms with Gasteiger partial charge in [-0.25, -0.2) is 0 Å². The van der Waals surface area contributed by atoms with Gasteiger partial charge in [-0.2, -0.15) is 0 Å². The summed E-state index contributed by atoms with van der Waals surface area (Å²) in [6.07, 6.45) is 1.97. The fourth-order valence-electron chi connectivity index (χ4n) is 1.06. The molecule has 0 aliphatic heterocycles. The van der Waals surface area contributed by atoms with Crippen LogP contribution >= 0.6 is 17.0 Å². The Morgan fingerprint density at radius 1 is 1.31 bits per heavy atom. The molecular weight excluding hydrogens is 230 g/mol. The molecule has 0 radical (unpaired) electrons. The number of benzene rings is 1. The van der Waals surface area contributed by atoms with Gasteiger partial charge in [-0.05, 0) is 37.5 Å². The van der Waals surface area contributed by atoms with Crippen LogP contribution in [-0.2, 0) is 6.42 Å². The Balaban J connectivity index is 0.00000144. The minimum atomic E-state index is 0. The Kier molecular flexibility index (Phi) is 5.75. The van der Waals surface area contributed by atoms with Crippen LogP contribution in [0.3, 0.4) is 0 Å². The minimum Gasteiger partial charge on any atom is -0.508 e. The first-order valence-electron chi connectivity index (χ1n) is 4.22. The van der Waals surface area contributed by atoms with Gasteiger partial charge in [-0.15, -0.1) is 17.0 Å². The second-order valence-electron chi connectivity index (χ2n) is 3.18. The Morgan fingerprint density at radius 3 is 2.31 bits per heavy atom. The number of rotatable bonds is 3. The molecule has 0 fully saturated rings. The molecule has 3 heteroatoms. The topological polar surface area (TPSA) is 46.2 Å². The quantitative estimate of drug-likeness (QED) is 0.859. The van der Waals surface area contributed by atoms with E-state index in [1.54, 1.807) is 12.1 Å². The molecule has 1 aromatic carbocycles. The normalized spacial score (nSPS) is 11.8. The zero-order chi connectivity index (χ0) is 8.97. The molecule has 0 saturated carbocycles. The van der Waals surface area contributed by atoms with Crippen molar-refractivity contribution >= 4 is 17.0 Å². The summed E-state index contributed by atoms with van der Waals surface area (Å²) >= 11 is 0. The Morgan fingerprint density at radius 2 is 1.85 bits per heavy atom. The largest absolute Gasteiger partial charge is 0.508 e. The van der Waals surface area contributed by atoms with Crippen molar-refractivity contribution in [3.63, 3.8) is 0 Å². The number of phenolic OH excluding ortho intramolecular Hbond substituents is 1. The van der Waals surface area contributed by atoms with E-state index >= 15 is 0 Å². The first-order chi connectivity index (χ1) is 5.68. The monoisotopic (exact) mass is 245 g/mol. The van der Waals surface area contributed by atoms with E-state index in [0.29, 0.717) is 5.75 Å². The molecule has 0 aliphatic rings. The molecule has 0 aliphatic carbocycles. The van der Waals surface area contributed by atoms with Crippen molar-refractivity contribution in [3.05, 3.63) is 29.8 Å². The van der Waals surface area contributed by atoms with Crippen molar-refractivity contribution < 1.29 is 5.11 Å². The molecule has 74 valence electrons. The van der Waals surface area contributed by atoms with Crippen LogP contribution < -0.4 is 5.73 Å². The maximum atomic E-state index is 9.01. The van der Waals surface area contributed by atoms with E-state index in [1.807, 2.05) is 19.1 Å². The van der Waals surface area contributed by atoms with E-state index in [0.717, 1.165) is 12.8 Å². The van der Waals surface area contributed by atoms with Gasteiger partial charge < -0.3 is 10.8 Å². The molecule has 0 spiro atoms. The van der Waals surface area contributed by atoms with Gasteiger partial charge in [0.05, 0.1) is 0 Å². The lowest BCUT2D eigenvalue weighted by Gasteiger charge is -2.04. The molecule has 0 aromatic heterocycles. The van der Waals surface area contributed by atoms with E-state index in [2.05, 4.69) is 0 Å². The van der Waals surface area contributed by atoms with Gasteiger partial charge in [0.2, 0.25) is 0 Å². The van der Waals surface area contributed by atoms with Gasteiger partial charge in [-0.3, -0.25) is 0 Å². The first kappa shape index (κ1) is 12.5. The van der Waals surface area contributed by atoms with E-state index < -0.39 is 0 Å². The van der Waals surface area contributed by atoms with Crippen molar-refractivity contribution in [2.24, 2.45) is 5.73 Å². The Hall–Kier alpha value is -0.540. The zero-order valence-corrected chi connectivity index (χ0v) is 9.45. The number of nitrogens with two attached hydrogens (primary N) is 1. The van der Waals surface area contributed by atoms with Crippen molar-refractivity contribution in [2.45, 2.75) is 25.8 Å². The minimum absolute atomic E-state index is 0. The second kappa shape index (κ2) is 6.00. The third-order valence-corrected chi connectivity index (χ3v) is 1.82. The predicted octanol–water partition coefficient (Wildman–Crippen LogP) is 2.25. The number of hydrogen-bond donors (Lipinski definition) is 2. The lowest BCUT2D eigenvalue weighted by Crippen LogP contribution is -2.15. The molecule has 0 amide bonds. The number of aromatic hydroxyl groups is 1. The number of phenols is 1. The Bertz CT molecular complexity index is 233. The molecule has 1 aromatic rings. The summed E-state index contributed by atoms with van der Waals surface area (Å²) in [5.41, 5.74) is 6.85. The molecule has 13 heavy (non-hydrogen) atoms. The lowest BCUT2D eigenvalue weighted by molar-refractivity contribution is 0.475. The van der Waals surface area contributed by atoms with Gasteiger partial charge in [0, 0.05) is 6.04 Å². The Labute approximate surface area is 89.5 Å². The highest BCUT2D eigenvalue weighted by Gasteiger charge is 1.96. The zero-order valence-electron chi connectivity index (χ0n) is 7.73. The predicted molar refractivity (Wildman–Crippen MR) is 60.4 cm³/mol. The van der Waals surface area contributed by atoms with Gasteiger partial charge in [-0.1, -0.05) is 12.1 Å². The molecule has 2 nitrogen and oxygen atoms in total. The molecule has 0 bridgehead atoms. The van der Waals surface area contributed by atoms with E-state index in [1.165, 1.54) is 5.56 Å². The molecule has 0 saturated heterocycles. The average molecular weight is 246 g/mol. The third kappa shape index (κ3) is 4.90. The maximum Gasteiger partial charge on any atom is 0.115 e. The fourth-order valence-corrected chi connectivity index (χ4v) is 1.06. The number of halogens is 1. The molecular formula is C10H16BrNO. The van der Waals surface area contributed by atoms with Crippen molar-refractivity contribution in [3.8, 4) is 5.75 Å². The highest BCUT2D eigenvalue weighted by molar-refractivity contribution is 8.93. The van der Waals surface area contributed by atoms with Crippen LogP contribution in [0.25, 0.3) is 0 Å². The van der Waals surface area contributed by atoms with Crippen LogP contribution in [0.2, 0.25) is 0 Å². The summed E-state index contributed by atoms with van der Waals surface area (Å²) < 4.78 is 0. The van der Waals surface area contributed by atoms with Crippen LogP contribution in [0.5, 0.6) is 5.75 Å². The van der Waals surface area contributed by atoms with Crippen LogP contribution in [0.4, 0.5) is 0 Å². The standard InChI is InChI=1S/C10H15NO.BrH/c1-8(11)2-3-9-4-6-10(12)7-5-9;/h4-8,12H,2-3,11H2,1H3;1H. The highest BCUT2D eigenvalue weighted by Crippen LogP contribution is 2.11. The van der Waals surface area contributed by atoms with Crippen LogP contribution in [-0.4, -0.2) is 11.1 Å². The van der Waals surface area contributed by atoms with Crippen molar-refractivity contribution in [1.82, 2.24) is 0 Å². The smallest absolute Gasteiger partial charge is 0.115 e. The van der Waals surface area contributed by atoms with Crippen LogP contribution in [0.1, 0.15) is 18.9 Å². The van der Waals surface area contributed by atoms with Crippen LogP contribution in [0.15, 0.2) is 24.3 Å². The van der Waals surface area contributed by atoms with Crippen LogP contribution in [0, 0.1) is 0 Å². The van der Waals surface area contributed by atoms with Gasteiger partial charge in [0.1, 0.15) is 5.75 Å². The summed E-state index contributed by atoms with van der Waals surface area (Å²) in [4.78, 5) is 0. The average Bonchev–Trinajstić information content (AvgIpc) is 2.03. The first-order valence-corrected chi connectivity index (χ1v) is 4.22. The molecule has 1 rings (SSSR count). The van der Waals surface area contributed by atoms with Gasteiger partial charge in [0.15, 0.2) is 0 Å². The summed E-state index contributed by atoms with van der Waals surface area (Å²) in [5.74, 6) is 0.319. The highest BCUT2D eigenvalue weighted by atomic mass is 79.9. The van der Waals surface area contributed by atoms with Crippen molar-refractivity contribution in [2.75, 3.05) is 0 Å². The van der Waals surface area contributed by atoms with Gasteiger partial charge in [0.25, 0.3) is 0 Å². The number of hydrogen-bond acceptors (Lipinski definition) is 2. The summed E-state index contributed by atoms with van der Waals surface area (Å²) in [5, 5.41) is 9.01. The van der Waals surface area contributed by atoms with E-state index in [-0.39, 0.29) is 23.0 Å². The van der Waals surface area contributed by atoms with Crippen molar-refractivity contribution in [1.29, 1.82) is 0 Å². The number of aryl methyl sites for hydroxylation is 1. The molecule has 0 heterocycles. The third-order valence-electron chi connectivity index (χ3n) is 1.82. The summed E-state index contributed by atoms with van der Waals surface area (Å²) in [6, 6.07) is 7.52. The molecule has 3 N–H and O–H groups in total. The lowest BCUT2D eigenvalue weighted by atomic mass is 10.1.